The molecule has 1 fully saturated rings. The molecule has 0 spiro atoms. The lowest BCUT2D eigenvalue weighted by Gasteiger charge is -2.37. The summed E-state index contributed by atoms with van der Waals surface area (Å²) in [5.41, 5.74) is 0.969. The van der Waals surface area contributed by atoms with Gasteiger partial charge in [0.2, 0.25) is 5.75 Å². The highest BCUT2D eigenvalue weighted by molar-refractivity contribution is 7.86. The Kier molecular flexibility index (Phi) is 6.50. The number of ether oxygens (including phenoxy) is 3. The van der Waals surface area contributed by atoms with Gasteiger partial charge in [0.1, 0.15) is 5.37 Å². The molecule has 0 saturated carbocycles. The molecule has 1 saturated heterocycles. The zero-order valence-corrected chi connectivity index (χ0v) is 15.9. The largest absolute Gasteiger partial charge is 0.493 e. The third-order valence-corrected chi connectivity index (χ3v) is 5.69. The van der Waals surface area contributed by atoms with Crippen molar-refractivity contribution in [2.75, 3.05) is 47.5 Å². The van der Waals surface area contributed by atoms with E-state index >= 15 is 0 Å². The standard InChI is InChI=1S/C16H26N2O6S/c1-12(25(19,20)21)18-9-7-17(8-10-18)11-13-5-6-14(22-2)16(24-4)15(13)23-3/h5-6,12H,7-11H2,1-4H3,(H,19,20,21). The summed E-state index contributed by atoms with van der Waals surface area (Å²) in [6.45, 7) is 4.67. The molecular formula is C16H26N2O6S. The van der Waals surface area contributed by atoms with Crippen LogP contribution in [-0.4, -0.2) is 75.7 Å². The molecule has 1 unspecified atom stereocenters. The van der Waals surface area contributed by atoms with Crippen LogP contribution in [0.5, 0.6) is 17.2 Å². The van der Waals surface area contributed by atoms with Crippen molar-refractivity contribution >= 4 is 10.1 Å². The monoisotopic (exact) mass is 374 g/mol. The van der Waals surface area contributed by atoms with E-state index in [1.807, 2.05) is 12.1 Å². The predicted molar refractivity (Wildman–Crippen MR) is 94.0 cm³/mol. The molecule has 1 aliphatic heterocycles. The smallest absolute Gasteiger partial charge is 0.280 e. The Morgan fingerprint density at radius 2 is 1.64 bits per heavy atom. The van der Waals surface area contributed by atoms with Gasteiger partial charge < -0.3 is 14.2 Å². The maximum absolute atomic E-state index is 11.3. The van der Waals surface area contributed by atoms with Crippen LogP contribution in [-0.2, 0) is 16.7 Å². The minimum absolute atomic E-state index is 0.557. The van der Waals surface area contributed by atoms with Gasteiger partial charge in [-0.25, -0.2) is 0 Å². The lowest BCUT2D eigenvalue weighted by Crippen LogP contribution is -2.51. The van der Waals surface area contributed by atoms with Gasteiger partial charge in [0.25, 0.3) is 10.1 Å². The van der Waals surface area contributed by atoms with E-state index in [9.17, 15) is 13.0 Å². The summed E-state index contributed by atoms with van der Waals surface area (Å²) >= 11 is 0. The highest BCUT2D eigenvalue weighted by Gasteiger charge is 2.29. The quantitative estimate of drug-likeness (QED) is 0.709. The van der Waals surface area contributed by atoms with Gasteiger partial charge in [0, 0.05) is 38.3 Å². The van der Waals surface area contributed by atoms with Crippen molar-refractivity contribution < 1.29 is 27.2 Å². The summed E-state index contributed by atoms with van der Waals surface area (Å²) in [5.74, 6) is 1.80. The molecule has 0 radical (unpaired) electrons. The van der Waals surface area contributed by atoms with Gasteiger partial charge in [-0.2, -0.15) is 8.42 Å². The third kappa shape index (κ3) is 4.55. The fourth-order valence-electron chi connectivity index (χ4n) is 3.00. The van der Waals surface area contributed by atoms with E-state index in [1.54, 1.807) is 26.2 Å². The highest BCUT2D eigenvalue weighted by atomic mass is 32.2. The predicted octanol–water partition coefficient (Wildman–Crippen LogP) is 1.06. The first-order valence-corrected chi connectivity index (χ1v) is 9.52. The number of nitrogens with zero attached hydrogens (tertiary/aromatic N) is 2. The summed E-state index contributed by atoms with van der Waals surface area (Å²) in [5, 5.41) is -0.884. The normalized spacial score (nSPS) is 18.0. The van der Waals surface area contributed by atoms with E-state index in [-0.39, 0.29) is 0 Å². The van der Waals surface area contributed by atoms with Crippen LogP contribution in [0, 0.1) is 0 Å². The van der Waals surface area contributed by atoms with Gasteiger partial charge in [0.05, 0.1) is 21.3 Å². The second-order valence-electron chi connectivity index (χ2n) is 5.92. The van der Waals surface area contributed by atoms with Crippen molar-refractivity contribution in [1.29, 1.82) is 0 Å². The minimum Gasteiger partial charge on any atom is -0.493 e. The molecule has 0 amide bonds. The molecule has 25 heavy (non-hydrogen) atoms. The summed E-state index contributed by atoms with van der Waals surface area (Å²) in [6, 6.07) is 3.78. The van der Waals surface area contributed by atoms with Gasteiger partial charge in [-0.15, -0.1) is 0 Å². The Morgan fingerprint density at radius 1 is 1.04 bits per heavy atom. The van der Waals surface area contributed by atoms with E-state index < -0.39 is 15.5 Å². The van der Waals surface area contributed by atoms with E-state index in [2.05, 4.69) is 4.90 Å². The van der Waals surface area contributed by atoms with E-state index in [4.69, 9.17) is 14.2 Å². The molecule has 8 nitrogen and oxygen atoms in total. The molecule has 1 aromatic carbocycles. The van der Waals surface area contributed by atoms with Gasteiger partial charge in [0.15, 0.2) is 11.5 Å². The number of hydrogen-bond acceptors (Lipinski definition) is 7. The van der Waals surface area contributed by atoms with Crippen molar-refractivity contribution in [2.45, 2.75) is 18.8 Å². The number of hydrogen-bond donors (Lipinski definition) is 1. The Hall–Kier alpha value is -1.55. The van der Waals surface area contributed by atoms with Crippen LogP contribution in [0.25, 0.3) is 0 Å². The van der Waals surface area contributed by atoms with Gasteiger partial charge in [-0.05, 0) is 13.0 Å². The molecule has 1 N–H and O–H groups in total. The lowest BCUT2D eigenvalue weighted by molar-refractivity contribution is 0.117. The molecule has 0 bridgehead atoms. The van der Waals surface area contributed by atoms with Crippen LogP contribution in [0.1, 0.15) is 12.5 Å². The van der Waals surface area contributed by atoms with Crippen LogP contribution < -0.4 is 14.2 Å². The van der Waals surface area contributed by atoms with Gasteiger partial charge in [-0.1, -0.05) is 6.07 Å². The second-order valence-corrected chi connectivity index (χ2v) is 7.63. The summed E-state index contributed by atoms with van der Waals surface area (Å²) in [7, 11) is 0.686. The molecule has 9 heteroatoms. The topological polar surface area (TPSA) is 88.5 Å². The Labute approximate surface area is 149 Å². The Balaban J connectivity index is 2.07. The van der Waals surface area contributed by atoms with Crippen LogP contribution in [0.4, 0.5) is 0 Å². The van der Waals surface area contributed by atoms with Crippen LogP contribution in [0.15, 0.2) is 12.1 Å². The molecule has 1 atom stereocenters. The first kappa shape index (κ1) is 19.8. The Morgan fingerprint density at radius 3 is 2.12 bits per heavy atom. The molecule has 0 aliphatic carbocycles. The summed E-state index contributed by atoms with van der Waals surface area (Å²) in [4.78, 5) is 3.97. The maximum atomic E-state index is 11.3. The van der Waals surface area contributed by atoms with Crippen LogP contribution in [0.3, 0.4) is 0 Å². The molecule has 1 heterocycles. The maximum Gasteiger partial charge on any atom is 0.280 e. The second kappa shape index (κ2) is 8.22. The number of rotatable bonds is 7. The molecule has 1 aromatic rings. The van der Waals surface area contributed by atoms with Crippen molar-refractivity contribution in [3.8, 4) is 17.2 Å². The van der Waals surface area contributed by atoms with Crippen molar-refractivity contribution in [2.24, 2.45) is 0 Å². The third-order valence-electron chi connectivity index (χ3n) is 4.53. The summed E-state index contributed by atoms with van der Waals surface area (Å²) < 4.78 is 47.9. The molecule has 0 aromatic heterocycles. The fraction of sp³-hybridized carbons (Fsp3) is 0.625. The SMILES string of the molecule is COc1ccc(CN2CCN(C(C)S(=O)(=O)O)CC2)c(OC)c1OC. The van der Waals surface area contributed by atoms with Crippen molar-refractivity contribution in [3.05, 3.63) is 17.7 Å². The zero-order chi connectivity index (χ0) is 18.6. The molecular weight excluding hydrogens is 348 g/mol. The fourth-order valence-corrected chi connectivity index (χ4v) is 3.59. The molecule has 142 valence electrons. The number of methoxy groups -OCH3 is 3. The molecule has 2 rings (SSSR count). The Bertz CT molecular complexity index is 686. The van der Waals surface area contributed by atoms with E-state index in [1.165, 1.54) is 6.92 Å². The lowest BCUT2D eigenvalue weighted by atomic mass is 10.1. The van der Waals surface area contributed by atoms with Gasteiger partial charge in [-0.3, -0.25) is 14.4 Å². The first-order valence-electron chi connectivity index (χ1n) is 8.02. The average Bonchev–Trinajstić information content (AvgIpc) is 2.60. The first-order chi connectivity index (χ1) is 11.8. The highest BCUT2D eigenvalue weighted by Crippen LogP contribution is 2.40. The number of benzene rings is 1. The van der Waals surface area contributed by atoms with E-state index in [0.717, 1.165) is 5.56 Å². The zero-order valence-electron chi connectivity index (χ0n) is 15.1. The molecule has 1 aliphatic rings. The minimum atomic E-state index is -4.05. The van der Waals surface area contributed by atoms with Crippen LogP contribution in [0.2, 0.25) is 0 Å². The van der Waals surface area contributed by atoms with Crippen molar-refractivity contribution in [3.63, 3.8) is 0 Å². The summed E-state index contributed by atoms with van der Waals surface area (Å²) in [6.07, 6.45) is 0. The average molecular weight is 374 g/mol. The van der Waals surface area contributed by atoms with Crippen molar-refractivity contribution in [1.82, 2.24) is 9.80 Å². The van der Waals surface area contributed by atoms with E-state index in [0.29, 0.717) is 50.0 Å². The number of piperazine rings is 1. The van der Waals surface area contributed by atoms with Gasteiger partial charge >= 0.3 is 0 Å². The van der Waals surface area contributed by atoms with Crippen LogP contribution >= 0.6 is 0 Å².